The number of aryl methyl sites for hydroxylation is 1. The molecule has 0 spiro atoms. The Hall–Kier alpha value is -3.94. The van der Waals surface area contributed by atoms with Crippen molar-refractivity contribution in [3.63, 3.8) is 0 Å². The highest BCUT2D eigenvalue weighted by Crippen LogP contribution is 2.41. The summed E-state index contributed by atoms with van der Waals surface area (Å²) in [5, 5.41) is 11.0. The third kappa shape index (κ3) is 4.39. The van der Waals surface area contributed by atoms with E-state index in [1.54, 1.807) is 31.2 Å². The molecule has 2 amide bonds. The van der Waals surface area contributed by atoms with Gasteiger partial charge in [-0.25, -0.2) is 9.69 Å². The van der Waals surface area contributed by atoms with E-state index in [1.807, 2.05) is 0 Å². The van der Waals surface area contributed by atoms with Crippen molar-refractivity contribution in [2.75, 3.05) is 18.6 Å². The van der Waals surface area contributed by atoms with Gasteiger partial charge < -0.3 is 14.6 Å². The molecule has 1 N–H and O–H groups in total. The quantitative estimate of drug-likeness (QED) is 0.419. The second-order valence-electron chi connectivity index (χ2n) is 7.11. The van der Waals surface area contributed by atoms with Crippen LogP contribution < -0.4 is 4.90 Å². The van der Waals surface area contributed by atoms with Crippen molar-refractivity contribution in [1.82, 2.24) is 0 Å². The molecule has 0 atom stereocenters. The van der Waals surface area contributed by atoms with Crippen LogP contribution in [0.25, 0.3) is 11.3 Å². The number of nitrogens with zero attached hydrogens (tertiary/aromatic N) is 1. The van der Waals surface area contributed by atoms with Crippen molar-refractivity contribution in [2.24, 2.45) is 0 Å². The summed E-state index contributed by atoms with van der Waals surface area (Å²) < 4.78 is 9.64. The highest BCUT2D eigenvalue weighted by atomic mass is 16.5. The number of aliphatic hydroxyl groups excluding tert-OH is 1. The number of rotatable bonds is 6. The van der Waals surface area contributed by atoms with Crippen LogP contribution >= 0.6 is 0 Å². The van der Waals surface area contributed by atoms with Crippen molar-refractivity contribution in [3.8, 4) is 0 Å². The van der Waals surface area contributed by atoms with Crippen molar-refractivity contribution in [3.05, 3.63) is 64.7 Å². The molecule has 1 aliphatic rings. The van der Waals surface area contributed by atoms with Crippen LogP contribution in [-0.4, -0.2) is 42.6 Å². The topological polar surface area (TPSA) is 110 Å². The Kier molecular flexibility index (Phi) is 6.73. The maximum absolute atomic E-state index is 13.1. The number of amides is 2. The lowest BCUT2D eigenvalue weighted by atomic mass is 9.99. The third-order valence-corrected chi connectivity index (χ3v) is 5.02. The fraction of sp³-hybridized carbons (Fsp3) is 0.250. The predicted octanol–water partition coefficient (Wildman–Crippen LogP) is 3.29. The van der Waals surface area contributed by atoms with Gasteiger partial charge >= 0.3 is 11.9 Å². The lowest BCUT2D eigenvalue weighted by Gasteiger charge is -2.12. The molecule has 0 saturated carbocycles. The van der Waals surface area contributed by atoms with Crippen LogP contribution in [-0.2, 0) is 30.3 Å². The van der Waals surface area contributed by atoms with Crippen LogP contribution in [0, 0.1) is 0 Å². The maximum Gasteiger partial charge on any atom is 0.337 e. The van der Waals surface area contributed by atoms with E-state index in [0.29, 0.717) is 24.2 Å². The summed E-state index contributed by atoms with van der Waals surface area (Å²) in [7, 11) is 1.23. The summed E-state index contributed by atoms with van der Waals surface area (Å²) in [4.78, 5) is 49.7. The number of hydrogen-bond acceptors (Lipinski definition) is 7. The molecule has 0 saturated heterocycles. The van der Waals surface area contributed by atoms with Gasteiger partial charge in [0.1, 0.15) is 5.76 Å². The molecule has 2 aromatic rings. The minimum atomic E-state index is -0.691. The number of aliphatic hydroxyl groups is 1. The molecule has 1 aliphatic heterocycles. The number of methoxy groups -OCH3 is 1. The van der Waals surface area contributed by atoms with Gasteiger partial charge in [-0.2, -0.15) is 0 Å². The Morgan fingerprint density at radius 1 is 1.06 bits per heavy atom. The summed E-state index contributed by atoms with van der Waals surface area (Å²) in [5.74, 6) is -2.48. The summed E-state index contributed by atoms with van der Waals surface area (Å²) in [5.41, 5.74) is 1.79. The van der Waals surface area contributed by atoms with Crippen molar-refractivity contribution < 1.29 is 33.8 Å². The Labute approximate surface area is 185 Å². The smallest absolute Gasteiger partial charge is 0.337 e. The monoisotopic (exact) mass is 437 g/mol. The molecule has 3 rings (SSSR count). The lowest BCUT2D eigenvalue weighted by Crippen LogP contribution is -2.31. The van der Waals surface area contributed by atoms with Crippen LogP contribution in [0.5, 0.6) is 0 Å². The number of benzene rings is 2. The first kappa shape index (κ1) is 22.7. The molecule has 0 bridgehead atoms. The van der Waals surface area contributed by atoms with Gasteiger partial charge in [0.15, 0.2) is 0 Å². The van der Waals surface area contributed by atoms with Crippen molar-refractivity contribution in [2.45, 2.75) is 26.7 Å². The van der Waals surface area contributed by atoms with Crippen molar-refractivity contribution >= 4 is 40.8 Å². The molecular weight excluding hydrogens is 414 g/mol. The Morgan fingerprint density at radius 3 is 2.47 bits per heavy atom. The lowest BCUT2D eigenvalue weighted by molar-refractivity contribution is -0.143. The van der Waals surface area contributed by atoms with E-state index in [9.17, 15) is 24.3 Å². The van der Waals surface area contributed by atoms with E-state index in [0.717, 1.165) is 10.5 Å². The zero-order valence-electron chi connectivity index (χ0n) is 18.0. The largest absolute Gasteiger partial charge is 0.506 e. The maximum atomic E-state index is 13.1. The molecule has 32 heavy (non-hydrogen) atoms. The van der Waals surface area contributed by atoms with E-state index in [-0.39, 0.29) is 35.0 Å². The number of anilines is 1. The van der Waals surface area contributed by atoms with Crippen molar-refractivity contribution in [1.29, 1.82) is 0 Å². The van der Waals surface area contributed by atoms with Crippen LogP contribution in [0.3, 0.4) is 0 Å². The first-order chi connectivity index (χ1) is 15.3. The average Bonchev–Trinajstić information content (AvgIpc) is 3.08. The molecule has 2 aromatic carbocycles. The van der Waals surface area contributed by atoms with Gasteiger partial charge in [0, 0.05) is 24.5 Å². The van der Waals surface area contributed by atoms with E-state index in [2.05, 4.69) is 0 Å². The van der Waals surface area contributed by atoms with Gasteiger partial charge in [0.2, 0.25) is 5.91 Å². The summed E-state index contributed by atoms with van der Waals surface area (Å²) >= 11 is 0. The number of carbonyl (C=O) groups excluding carboxylic acids is 4. The number of esters is 2. The number of fused-ring (bicyclic) bond motifs is 1. The molecule has 166 valence electrons. The van der Waals surface area contributed by atoms with Gasteiger partial charge in [-0.3, -0.25) is 14.4 Å². The molecule has 8 heteroatoms. The summed E-state index contributed by atoms with van der Waals surface area (Å²) in [6, 6.07) is 11.2. The zero-order valence-corrected chi connectivity index (χ0v) is 18.0. The molecule has 0 unspecified atom stereocenters. The fourth-order valence-corrected chi connectivity index (χ4v) is 3.55. The zero-order chi connectivity index (χ0) is 23.4. The Balaban J connectivity index is 2.03. The highest BCUT2D eigenvalue weighted by molar-refractivity contribution is 6.42. The predicted molar refractivity (Wildman–Crippen MR) is 117 cm³/mol. The Morgan fingerprint density at radius 2 is 1.81 bits per heavy atom. The minimum Gasteiger partial charge on any atom is -0.506 e. The molecule has 0 aromatic heterocycles. The van der Waals surface area contributed by atoms with Gasteiger partial charge in [-0.05, 0) is 37.1 Å². The van der Waals surface area contributed by atoms with Crippen LogP contribution in [0.15, 0.2) is 42.5 Å². The standard InChI is InChI=1S/C24H23NO7/c1-4-32-20(27)11-8-15-6-5-7-16(12-15)22(28)21-18-10-9-17(24(30)31-3)13-19(18)25(14(2)26)23(21)29/h5-7,9-10,12-13,28H,4,8,11H2,1-3H3/b22-21+. The molecule has 8 nitrogen and oxygen atoms in total. The SMILES string of the molecule is CCOC(=O)CCc1cccc(/C(O)=C2\C(=O)N(C(C)=O)c3cc(C(=O)OC)ccc32)c1. The fourth-order valence-electron chi connectivity index (χ4n) is 3.55. The average molecular weight is 437 g/mol. The second kappa shape index (κ2) is 9.47. The molecular formula is C24H23NO7. The molecule has 1 heterocycles. The van der Waals surface area contributed by atoms with Crippen LogP contribution in [0.4, 0.5) is 5.69 Å². The Bertz CT molecular complexity index is 1130. The molecule has 0 radical (unpaired) electrons. The van der Waals surface area contributed by atoms with E-state index in [4.69, 9.17) is 9.47 Å². The molecule has 0 fully saturated rings. The summed E-state index contributed by atoms with van der Waals surface area (Å²) in [6.07, 6.45) is 0.590. The second-order valence-corrected chi connectivity index (χ2v) is 7.11. The number of hydrogen-bond donors (Lipinski definition) is 1. The van der Waals surface area contributed by atoms with Gasteiger partial charge in [-0.1, -0.05) is 24.3 Å². The number of imide groups is 1. The third-order valence-electron chi connectivity index (χ3n) is 5.02. The van der Waals surface area contributed by atoms with Crippen LogP contribution in [0.2, 0.25) is 0 Å². The van der Waals surface area contributed by atoms with E-state index < -0.39 is 17.8 Å². The summed E-state index contributed by atoms with van der Waals surface area (Å²) in [6.45, 7) is 3.26. The first-order valence-electron chi connectivity index (χ1n) is 10.0. The first-order valence-corrected chi connectivity index (χ1v) is 10.0. The highest BCUT2D eigenvalue weighted by Gasteiger charge is 2.38. The normalized spacial score (nSPS) is 14.1. The number of ether oxygens (including phenoxy) is 2. The van der Waals surface area contributed by atoms with Gasteiger partial charge in [0.05, 0.1) is 30.5 Å². The van der Waals surface area contributed by atoms with E-state index in [1.165, 1.54) is 32.2 Å². The molecule has 0 aliphatic carbocycles. The van der Waals surface area contributed by atoms with Gasteiger partial charge in [-0.15, -0.1) is 0 Å². The number of carbonyl (C=O) groups is 4. The van der Waals surface area contributed by atoms with Gasteiger partial charge in [0.25, 0.3) is 5.91 Å². The minimum absolute atomic E-state index is 0.0471. The van der Waals surface area contributed by atoms with E-state index >= 15 is 0 Å². The van der Waals surface area contributed by atoms with Crippen LogP contribution in [0.1, 0.15) is 47.3 Å².